The fraction of sp³-hybridized carbons (Fsp3) is 0.500. The molecule has 128 valence electrons. The van der Waals surface area contributed by atoms with Crippen molar-refractivity contribution >= 4 is 0 Å². The molecule has 3 rings (SSSR count). The molecule has 2 unspecified atom stereocenters. The molecule has 0 aromatic carbocycles. The van der Waals surface area contributed by atoms with Gasteiger partial charge in [-0.3, -0.25) is 9.88 Å². The van der Waals surface area contributed by atoms with E-state index in [2.05, 4.69) is 53.8 Å². The van der Waals surface area contributed by atoms with Gasteiger partial charge in [0.2, 0.25) is 5.88 Å². The van der Waals surface area contributed by atoms with Crippen LogP contribution < -0.4 is 4.74 Å². The van der Waals surface area contributed by atoms with Crippen LogP contribution in [0.2, 0.25) is 0 Å². The van der Waals surface area contributed by atoms with E-state index in [0.29, 0.717) is 17.8 Å². The Balaban J connectivity index is 1.77. The average molecular weight is 325 g/mol. The highest BCUT2D eigenvalue weighted by Gasteiger charge is 2.26. The lowest BCUT2D eigenvalue weighted by Gasteiger charge is -2.37. The summed E-state index contributed by atoms with van der Waals surface area (Å²) in [6.45, 7) is 8.61. The third-order valence-corrected chi connectivity index (χ3v) is 4.96. The fourth-order valence-corrected chi connectivity index (χ4v) is 3.70. The number of piperidine rings is 1. The number of rotatable bonds is 4. The van der Waals surface area contributed by atoms with E-state index in [1.807, 2.05) is 12.1 Å². The molecule has 1 fully saturated rings. The van der Waals surface area contributed by atoms with Gasteiger partial charge >= 0.3 is 0 Å². The minimum absolute atomic E-state index is 0.298. The molecule has 2 aromatic rings. The largest absolute Gasteiger partial charge is 0.481 e. The van der Waals surface area contributed by atoms with Crippen LogP contribution in [0.3, 0.4) is 0 Å². The van der Waals surface area contributed by atoms with E-state index in [1.165, 1.54) is 18.4 Å². The molecule has 24 heavy (non-hydrogen) atoms. The first-order valence-corrected chi connectivity index (χ1v) is 8.77. The molecule has 0 spiro atoms. The summed E-state index contributed by atoms with van der Waals surface area (Å²) < 4.78 is 5.27. The van der Waals surface area contributed by atoms with Gasteiger partial charge in [-0.05, 0) is 69.8 Å². The van der Waals surface area contributed by atoms with Crippen LogP contribution in [-0.2, 0) is 0 Å². The van der Waals surface area contributed by atoms with Crippen LogP contribution >= 0.6 is 0 Å². The summed E-state index contributed by atoms with van der Waals surface area (Å²) in [4.78, 5) is 11.7. The van der Waals surface area contributed by atoms with E-state index in [4.69, 9.17) is 4.74 Å². The highest BCUT2D eigenvalue weighted by molar-refractivity contribution is 5.25. The second-order valence-corrected chi connectivity index (χ2v) is 6.80. The number of aromatic nitrogens is 2. The summed E-state index contributed by atoms with van der Waals surface area (Å²) in [6.07, 6.45) is 2.47. The zero-order chi connectivity index (χ0) is 17.1. The summed E-state index contributed by atoms with van der Waals surface area (Å²) >= 11 is 0. The lowest BCUT2D eigenvalue weighted by molar-refractivity contribution is 0.155. The van der Waals surface area contributed by atoms with Crippen LogP contribution in [0.4, 0.5) is 0 Å². The lowest BCUT2D eigenvalue weighted by atomic mass is 9.89. The van der Waals surface area contributed by atoms with Crippen LogP contribution in [0.1, 0.15) is 54.4 Å². The van der Waals surface area contributed by atoms with Crippen LogP contribution in [0.25, 0.3) is 0 Å². The number of nitrogens with zero attached hydrogens (tertiary/aromatic N) is 3. The maximum Gasteiger partial charge on any atom is 0.213 e. The summed E-state index contributed by atoms with van der Waals surface area (Å²) in [5.41, 5.74) is 4.74. The quantitative estimate of drug-likeness (QED) is 0.850. The van der Waals surface area contributed by atoms with Gasteiger partial charge < -0.3 is 4.74 Å². The SMILES string of the molecule is COc1cccc(C(C)N2CCCC(c3cc(C)nc(C)c3)C2)n1. The average Bonchev–Trinajstić information content (AvgIpc) is 2.60. The number of hydrogen-bond donors (Lipinski definition) is 0. The molecular weight excluding hydrogens is 298 g/mol. The highest BCUT2D eigenvalue weighted by atomic mass is 16.5. The lowest BCUT2D eigenvalue weighted by Crippen LogP contribution is -2.36. The molecule has 4 nitrogen and oxygen atoms in total. The second-order valence-electron chi connectivity index (χ2n) is 6.80. The summed E-state index contributed by atoms with van der Waals surface area (Å²) in [6, 6.07) is 10.8. The molecule has 0 saturated carbocycles. The predicted octanol–water partition coefficient (Wildman–Crippen LogP) is 4.04. The zero-order valence-corrected chi connectivity index (χ0v) is 15.1. The fourth-order valence-electron chi connectivity index (χ4n) is 3.70. The van der Waals surface area contributed by atoms with Gasteiger partial charge in [-0.1, -0.05) is 6.07 Å². The van der Waals surface area contributed by atoms with Crippen molar-refractivity contribution in [2.45, 2.75) is 45.6 Å². The Kier molecular flexibility index (Phi) is 5.14. The van der Waals surface area contributed by atoms with Crippen molar-refractivity contribution < 1.29 is 4.74 Å². The summed E-state index contributed by atoms with van der Waals surface area (Å²) in [5, 5.41) is 0. The maximum atomic E-state index is 5.27. The number of likely N-dealkylation sites (tertiary alicyclic amines) is 1. The van der Waals surface area contributed by atoms with Crippen LogP contribution in [-0.4, -0.2) is 35.1 Å². The molecule has 3 heterocycles. The maximum absolute atomic E-state index is 5.27. The zero-order valence-electron chi connectivity index (χ0n) is 15.1. The van der Waals surface area contributed by atoms with Gasteiger partial charge in [-0.15, -0.1) is 0 Å². The first-order valence-electron chi connectivity index (χ1n) is 8.77. The highest BCUT2D eigenvalue weighted by Crippen LogP contribution is 2.32. The Morgan fingerprint density at radius 1 is 1.17 bits per heavy atom. The smallest absolute Gasteiger partial charge is 0.213 e. The molecule has 1 saturated heterocycles. The second kappa shape index (κ2) is 7.31. The number of aryl methyl sites for hydroxylation is 2. The van der Waals surface area contributed by atoms with E-state index in [9.17, 15) is 0 Å². The van der Waals surface area contributed by atoms with E-state index >= 15 is 0 Å². The molecule has 0 amide bonds. The van der Waals surface area contributed by atoms with Crippen LogP contribution in [0.15, 0.2) is 30.3 Å². The Morgan fingerprint density at radius 3 is 2.62 bits per heavy atom. The van der Waals surface area contributed by atoms with Gasteiger partial charge in [0.15, 0.2) is 0 Å². The van der Waals surface area contributed by atoms with Gasteiger partial charge in [0.25, 0.3) is 0 Å². The number of ether oxygens (including phenoxy) is 1. The number of pyridine rings is 2. The van der Waals surface area contributed by atoms with Crippen molar-refractivity contribution in [3.8, 4) is 5.88 Å². The predicted molar refractivity (Wildman–Crippen MR) is 96.5 cm³/mol. The van der Waals surface area contributed by atoms with E-state index in [-0.39, 0.29) is 0 Å². The molecule has 2 aromatic heterocycles. The minimum atomic E-state index is 0.298. The Hall–Kier alpha value is -1.94. The van der Waals surface area contributed by atoms with Crippen molar-refractivity contribution in [2.75, 3.05) is 20.2 Å². The van der Waals surface area contributed by atoms with E-state index in [0.717, 1.165) is 30.2 Å². The van der Waals surface area contributed by atoms with Gasteiger partial charge in [-0.25, -0.2) is 4.98 Å². The first kappa shape index (κ1) is 16.9. The third-order valence-electron chi connectivity index (χ3n) is 4.96. The monoisotopic (exact) mass is 325 g/mol. The molecular formula is C20H27N3O. The summed E-state index contributed by atoms with van der Waals surface area (Å²) in [5.74, 6) is 1.26. The molecule has 1 aliphatic rings. The molecule has 1 aliphatic heterocycles. The minimum Gasteiger partial charge on any atom is -0.481 e. The van der Waals surface area contributed by atoms with E-state index in [1.54, 1.807) is 7.11 Å². The Labute approximate surface area is 144 Å². The Morgan fingerprint density at radius 2 is 1.92 bits per heavy atom. The molecule has 0 aliphatic carbocycles. The van der Waals surface area contributed by atoms with Crippen molar-refractivity contribution in [3.05, 3.63) is 53.0 Å². The molecule has 0 bridgehead atoms. The summed E-state index contributed by atoms with van der Waals surface area (Å²) in [7, 11) is 1.67. The van der Waals surface area contributed by atoms with Gasteiger partial charge in [0.1, 0.15) is 0 Å². The number of hydrogen-bond acceptors (Lipinski definition) is 4. The van der Waals surface area contributed by atoms with Crippen molar-refractivity contribution in [1.29, 1.82) is 0 Å². The molecule has 2 atom stereocenters. The number of methoxy groups -OCH3 is 1. The van der Waals surface area contributed by atoms with E-state index < -0.39 is 0 Å². The third kappa shape index (κ3) is 3.75. The van der Waals surface area contributed by atoms with Gasteiger partial charge in [0, 0.05) is 30.0 Å². The topological polar surface area (TPSA) is 38.2 Å². The van der Waals surface area contributed by atoms with Crippen molar-refractivity contribution in [2.24, 2.45) is 0 Å². The normalized spacial score (nSPS) is 19.9. The molecule has 0 N–H and O–H groups in total. The standard InChI is InChI=1S/C20H27N3O/c1-14-11-18(12-15(2)21-14)17-7-6-10-23(13-17)16(3)19-8-5-9-20(22-19)24-4/h5,8-9,11-12,16-17H,6-7,10,13H2,1-4H3. The first-order chi connectivity index (χ1) is 11.6. The van der Waals surface area contributed by atoms with Crippen molar-refractivity contribution in [1.82, 2.24) is 14.9 Å². The van der Waals surface area contributed by atoms with Gasteiger partial charge in [0.05, 0.1) is 12.8 Å². The van der Waals surface area contributed by atoms with Crippen LogP contribution in [0, 0.1) is 13.8 Å². The molecule has 0 radical (unpaired) electrons. The Bertz CT molecular complexity index is 681. The van der Waals surface area contributed by atoms with Crippen LogP contribution in [0.5, 0.6) is 5.88 Å². The molecule has 4 heteroatoms. The van der Waals surface area contributed by atoms with Gasteiger partial charge in [-0.2, -0.15) is 0 Å². The van der Waals surface area contributed by atoms with Crippen molar-refractivity contribution in [3.63, 3.8) is 0 Å².